The van der Waals surface area contributed by atoms with Crippen molar-refractivity contribution in [3.8, 4) is 0 Å². The second-order valence-electron chi connectivity index (χ2n) is 5.89. The molecule has 0 heterocycles. The Kier molecular flexibility index (Phi) is 9.00. The van der Waals surface area contributed by atoms with Crippen LogP contribution in [-0.4, -0.2) is 0 Å². The predicted molar refractivity (Wildman–Crippen MR) is 80.4 cm³/mol. The molecule has 0 amide bonds. The van der Waals surface area contributed by atoms with Crippen molar-refractivity contribution in [3.05, 3.63) is 0 Å². The molecule has 0 heteroatoms. The third-order valence-corrected chi connectivity index (χ3v) is 4.48. The topological polar surface area (TPSA) is 0 Å². The van der Waals surface area contributed by atoms with Crippen molar-refractivity contribution in [1.82, 2.24) is 0 Å². The molecule has 1 aliphatic rings. The summed E-state index contributed by atoms with van der Waals surface area (Å²) >= 11 is 0. The Balaban J connectivity index is 0.00000121. The fraction of sp³-hybridized carbons (Fsp3) is 1.00. The molecule has 1 saturated carbocycles. The molecule has 0 aromatic heterocycles. The van der Waals surface area contributed by atoms with E-state index in [1.165, 1.54) is 51.4 Å². The smallest absolute Gasteiger partial charge is 0.0295 e. The van der Waals surface area contributed by atoms with Gasteiger partial charge >= 0.3 is 0 Å². The van der Waals surface area contributed by atoms with E-state index >= 15 is 0 Å². The second kappa shape index (κ2) is 9.00. The van der Waals surface area contributed by atoms with Crippen LogP contribution in [0.2, 0.25) is 0 Å². The van der Waals surface area contributed by atoms with Crippen molar-refractivity contribution in [3.63, 3.8) is 0 Å². The maximum Gasteiger partial charge on any atom is -0.0295 e. The fourth-order valence-electron chi connectivity index (χ4n) is 3.37. The van der Waals surface area contributed by atoms with Gasteiger partial charge in [0.05, 0.1) is 0 Å². The summed E-state index contributed by atoms with van der Waals surface area (Å²) in [6.45, 7) is 13.5. The molecule has 17 heavy (non-hydrogen) atoms. The first-order valence-electron chi connectivity index (χ1n) is 8.17. The van der Waals surface area contributed by atoms with Gasteiger partial charge in [-0.3, -0.25) is 0 Å². The van der Waals surface area contributed by atoms with Gasteiger partial charge in [-0.15, -0.1) is 0 Å². The zero-order chi connectivity index (χ0) is 13.3. The molecule has 2 atom stereocenters. The van der Waals surface area contributed by atoms with Gasteiger partial charge in [-0.2, -0.15) is 0 Å². The lowest BCUT2D eigenvalue weighted by Crippen LogP contribution is -2.16. The summed E-state index contributed by atoms with van der Waals surface area (Å²) in [6, 6.07) is 0. The molecule has 104 valence electrons. The molecule has 0 aliphatic heterocycles. The third-order valence-electron chi connectivity index (χ3n) is 4.48. The van der Waals surface area contributed by atoms with E-state index in [4.69, 9.17) is 0 Å². The van der Waals surface area contributed by atoms with Crippen LogP contribution in [0.3, 0.4) is 0 Å². The molecule has 2 unspecified atom stereocenters. The van der Waals surface area contributed by atoms with Crippen molar-refractivity contribution >= 4 is 0 Å². The van der Waals surface area contributed by atoms with Gasteiger partial charge in [0, 0.05) is 0 Å². The minimum Gasteiger partial charge on any atom is -0.0683 e. The Morgan fingerprint density at radius 1 is 1.00 bits per heavy atom. The Morgan fingerprint density at radius 3 is 1.94 bits per heavy atom. The van der Waals surface area contributed by atoms with Gasteiger partial charge in [0.15, 0.2) is 0 Å². The highest BCUT2D eigenvalue weighted by Gasteiger charge is 2.42. The van der Waals surface area contributed by atoms with E-state index in [1.807, 2.05) is 13.8 Å². The second-order valence-corrected chi connectivity index (χ2v) is 5.89. The number of hydrogen-bond acceptors (Lipinski definition) is 0. The predicted octanol–water partition coefficient (Wildman–Crippen LogP) is 6.45. The van der Waals surface area contributed by atoms with E-state index in [9.17, 15) is 0 Å². The SMILES string of the molecule is CC.CCCC(CC)C(C)CC1(CCC)CC1. The molecule has 0 nitrogen and oxygen atoms in total. The molecule has 0 aromatic rings. The Bertz CT molecular complexity index is 167. The number of rotatable bonds is 8. The summed E-state index contributed by atoms with van der Waals surface area (Å²) in [5, 5.41) is 0. The zero-order valence-electron chi connectivity index (χ0n) is 13.3. The van der Waals surface area contributed by atoms with Crippen molar-refractivity contribution < 1.29 is 0 Å². The van der Waals surface area contributed by atoms with Crippen LogP contribution < -0.4 is 0 Å². The summed E-state index contributed by atoms with van der Waals surface area (Å²) in [7, 11) is 0. The van der Waals surface area contributed by atoms with Gasteiger partial charge in [0.2, 0.25) is 0 Å². The average Bonchev–Trinajstić information content (AvgIpc) is 3.08. The van der Waals surface area contributed by atoms with Crippen LogP contribution in [-0.2, 0) is 0 Å². The van der Waals surface area contributed by atoms with Crippen molar-refractivity contribution in [1.29, 1.82) is 0 Å². The molecule has 0 bridgehead atoms. The van der Waals surface area contributed by atoms with Crippen LogP contribution >= 0.6 is 0 Å². The maximum atomic E-state index is 2.50. The largest absolute Gasteiger partial charge is 0.0683 e. The maximum absolute atomic E-state index is 2.50. The first-order chi connectivity index (χ1) is 8.17. The van der Waals surface area contributed by atoms with E-state index in [2.05, 4.69) is 27.7 Å². The van der Waals surface area contributed by atoms with Gasteiger partial charge in [0.1, 0.15) is 0 Å². The molecular weight excluding hydrogens is 204 g/mol. The van der Waals surface area contributed by atoms with Gasteiger partial charge in [-0.25, -0.2) is 0 Å². The van der Waals surface area contributed by atoms with Crippen LogP contribution in [0.4, 0.5) is 0 Å². The summed E-state index contributed by atoms with van der Waals surface area (Å²) in [6.07, 6.45) is 11.6. The highest BCUT2D eigenvalue weighted by molar-refractivity contribution is 4.94. The van der Waals surface area contributed by atoms with Crippen LogP contribution in [0, 0.1) is 17.3 Å². The van der Waals surface area contributed by atoms with E-state index < -0.39 is 0 Å². The van der Waals surface area contributed by atoms with E-state index in [1.54, 1.807) is 0 Å². The van der Waals surface area contributed by atoms with Crippen molar-refractivity contribution in [2.24, 2.45) is 17.3 Å². The zero-order valence-corrected chi connectivity index (χ0v) is 13.3. The lowest BCUT2D eigenvalue weighted by Gasteiger charge is -2.26. The van der Waals surface area contributed by atoms with E-state index in [0.717, 1.165) is 17.3 Å². The molecule has 0 aromatic carbocycles. The van der Waals surface area contributed by atoms with Gasteiger partial charge < -0.3 is 0 Å². The van der Waals surface area contributed by atoms with Crippen LogP contribution in [0.15, 0.2) is 0 Å². The Morgan fingerprint density at radius 2 is 1.59 bits per heavy atom. The Hall–Kier alpha value is 0. The molecule has 1 aliphatic carbocycles. The quantitative estimate of drug-likeness (QED) is 0.457. The standard InChI is InChI=1S/C15H30.C2H6/c1-5-8-14(7-3)13(4)12-15(9-6-2)10-11-15;1-2/h13-14H,5-12H2,1-4H3;1-2H3. The highest BCUT2D eigenvalue weighted by Crippen LogP contribution is 2.55. The van der Waals surface area contributed by atoms with Crippen LogP contribution in [0.1, 0.15) is 92.9 Å². The Labute approximate surface area is 111 Å². The first-order valence-corrected chi connectivity index (χ1v) is 8.17. The fourth-order valence-corrected chi connectivity index (χ4v) is 3.37. The monoisotopic (exact) mass is 240 g/mol. The molecule has 0 radical (unpaired) electrons. The number of hydrogen-bond donors (Lipinski definition) is 0. The van der Waals surface area contributed by atoms with Gasteiger partial charge in [0.25, 0.3) is 0 Å². The minimum atomic E-state index is 0.801. The molecule has 1 rings (SSSR count). The van der Waals surface area contributed by atoms with E-state index in [0.29, 0.717) is 0 Å². The van der Waals surface area contributed by atoms with Gasteiger partial charge in [-0.1, -0.05) is 67.2 Å². The van der Waals surface area contributed by atoms with Crippen molar-refractivity contribution in [2.45, 2.75) is 92.9 Å². The molecule has 0 saturated heterocycles. The lowest BCUT2D eigenvalue weighted by atomic mass is 9.79. The first kappa shape index (κ1) is 17.0. The normalized spacial score (nSPS) is 20.1. The van der Waals surface area contributed by atoms with Gasteiger partial charge in [-0.05, 0) is 42.9 Å². The van der Waals surface area contributed by atoms with Crippen molar-refractivity contribution in [2.75, 3.05) is 0 Å². The summed E-state index contributed by atoms with van der Waals surface area (Å²) in [5.41, 5.74) is 0.801. The average molecular weight is 240 g/mol. The minimum absolute atomic E-state index is 0.801. The lowest BCUT2D eigenvalue weighted by molar-refractivity contribution is 0.244. The van der Waals surface area contributed by atoms with Crippen LogP contribution in [0.25, 0.3) is 0 Å². The molecule has 0 N–H and O–H groups in total. The molecule has 0 spiro atoms. The molecule has 1 fully saturated rings. The van der Waals surface area contributed by atoms with E-state index in [-0.39, 0.29) is 0 Å². The van der Waals surface area contributed by atoms with Crippen LogP contribution in [0.5, 0.6) is 0 Å². The third kappa shape index (κ3) is 5.93. The summed E-state index contributed by atoms with van der Waals surface area (Å²) < 4.78 is 0. The summed E-state index contributed by atoms with van der Waals surface area (Å²) in [5.74, 6) is 1.95. The summed E-state index contributed by atoms with van der Waals surface area (Å²) in [4.78, 5) is 0. The molecular formula is C17H36. The highest BCUT2D eigenvalue weighted by atomic mass is 14.5.